The molecule has 120 valence electrons. The zero-order valence-corrected chi connectivity index (χ0v) is 13.4. The molecule has 2 aromatic rings. The number of halogens is 2. The molecular formula is C17H15ClFNO3. The van der Waals surface area contributed by atoms with Crippen molar-refractivity contribution in [3.8, 4) is 11.5 Å². The van der Waals surface area contributed by atoms with Crippen molar-refractivity contribution in [2.75, 3.05) is 19.5 Å². The molecule has 0 aromatic heterocycles. The van der Waals surface area contributed by atoms with Gasteiger partial charge in [-0.2, -0.15) is 0 Å². The van der Waals surface area contributed by atoms with Crippen molar-refractivity contribution in [1.82, 2.24) is 0 Å². The van der Waals surface area contributed by atoms with E-state index in [1.807, 2.05) is 0 Å². The predicted octanol–water partition coefficient (Wildman–Crippen LogP) is 4.15. The molecule has 0 atom stereocenters. The third-order valence-corrected chi connectivity index (χ3v) is 3.30. The van der Waals surface area contributed by atoms with Crippen LogP contribution in [0.1, 0.15) is 5.56 Å². The van der Waals surface area contributed by atoms with Gasteiger partial charge in [0.1, 0.15) is 17.3 Å². The van der Waals surface area contributed by atoms with Crippen LogP contribution in [-0.4, -0.2) is 20.1 Å². The molecule has 0 heterocycles. The molecule has 0 saturated heterocycles. The van der Waals surface area contributed by atoms with Gasteiger partial charge in [0.05, 0.1) is 24.9 Å². The molecule has 6 heteroatoms. The quantitative estimate of drug-likeness (QED) is 0.835. The zero-order valence-electron chi connectivity index (χ0n) is 12.6. The maximum absolute atomic E-state index is 13.1. The lowest BCUT2D eigenvalue weighted by molar-refractivity contribution is -0.111. The van der Waals surface area contributed by atoms with Gasteiger partial charge in [-0.05, 0) is 23.8 Å². The monoisotopic (exact) mass is 335 g/mol. The number of nitrogens with one attached hydrogen (secondary N) is 1. The number of anilines is 1. The normalized spacial score (nSPS) is 10.6. The van der Waals surface area contributed by atoms with Crippen LogP contribution in [0.2, 0.25) is 5.02 Å². The number of benzene rings is 2. The second-order valence-corrected chi connectivity index (χ2v) is 4.97. The summed E-state index contributed by atoms with van der Waals surface area (Å²) in [6.07, 6.45) is 2.81. The molecule has 0 bridgehead atoms. The number of hydrogen-bond donors (Lipinski definition) is 1. The van der Waals surface area contributed by atoms with Gasteiger partial charge in [0.15, 0.2) is 0 Å². The molecular weight excluding hydrogens is 321 g/mol. The molecule has 0 fully saturated rings. The van der Waals surface area contributed by atoms with Gasteiger partial charge in [-0.15, -0.1) is 0 Å². The highest BCUT2D eigenvalue weighted by molar-refractivity contribution is 6.32. The standard InChI is InChI=1S/C17H15ClFNO3/c1-22-15-10-14(16(23-2)9-13(15)18)20-17(21)7-6-11-4-3-5-12(19)8-11/h3-10H,1-2H3,(H,20,21)/b7-6+. The van der Waals surface area contributed by atoms with Crippen LogP contribution < -0.4 is 14.8 Å². The van der Waals surface area contributed by atoms with Crippen LogP contribution in [0.3, 0.4) is 0 Å². The van der Waals surface area contributed by atoms with Gasteiger partial charge in [-0.3, -0.25) is 4.79 Å². The lowest BCUT2D eigenvalue weighted by atomic mass is 10.2. The summed E-state index contributed by atoms with van der Waals surface area (Å²) in [4.78, 5) is 12.0. The fourth-order valence-electron chi connectivity index (χ4n) is 1.91. The maximum Gasteiger partial charge on any atom is 0.248 e. The van der Waals surface area contributed by atoms with E-state index in [0.29, 0.717) is 27.8 Å². The van der Waals surface area contributed by atoms with E-state index in [9.17, 15) is 9.18 Å². The van der Waals surface area contributed by atoms with E-state index in [-0.39, 0.29) is 5.82 Å². The number of hydrogen-bond acceptors (Lipinski definition) is 3. The molecule has 0 aliphatic carbocycles. The average molecular weight is 336 g/mol. The van der Waals surface area contributed by atoms with Gasteiger partial charge in [0, 0.05) is 18.2 Å². The Morgan fingerprint density at radius 2 is 1.91 bits per heavy atom. The second kappa shape index (κ2) is 7.65. The molecule has 0 unspecified atom stereocenters. The Kier molecular flexibility index (Phi) is 5.60. The van der Waals surface area contributed by atoms with Gasteiger partial charge in [0.25, 0.3) is 0 Å². The molecule has 1 N–H and O–H groups in total. The molecule has 1 amide bonds. The lowest BCUT2D eigenvalue weighted by Gasteiger charge is -2.12. The van der Waals surface area contributed by atoms with Gasteiger partial charge >= 0.3 is 0 Å². The number of methoxy groups -OCH3 is 2. The van der Waals surface area contributed by atoms with Crippen LogP contribution in [0.15, 0.2) is 42.5 Å². The van der Waals surface area contributed by atoms with Crippen LogP contribution >= 0.6 is 11.6 Å². The minimum absolute atomic E-state index is 0.364. The second-order valence-electron chi connectivity index (χ2n) is 4.56. The number of carbonyl (C=O) groups excluding carboxylic acids is 1. The van der Waals surface area contributed by atoms with Gasteiger partial charge < -0.3 is 14.8 Å². The topological polar surface area (TPSA) is 47.6 Å². The summed E-state index contributed by atoms with van der Waals surface area (Å²) in [6.45, 7) is 0. The Balaban J connectivity index is 2.16. The smallest absolute Gasteiger partial charge is 0.248 e. The van der Waals surface area contributed by atoms with Crippen LogP contribution in [0.5, 0.6) is 11.5 Å². The largest absolute Gasteiger partial charge is 0.495 e. The molecule has 0 aliphatic rings. The average Bonchev–Trinajstić information content (AvgIpc) is 2.54. The van der Waals surface area contributed by atoms with Crippen molar-refractivity contribution in [1.29, 1.82) is 0 Å². The minimum atomic E-state index is -0.392. The number of ether oxygens (including phenoxy) is 2. The first-order valence-corrected chi connectivity index (χ1v) is 7.07. The van der Waals surface area contributed by atoms with E-state index in [0.717, 1.165) is 0 Å². The highest BCUT2D eigenvalue weighted by atomic mass is 35.5. The highest BCUT2D eigenvalue weighted by Gasteiger charge is 2.11. The minimum Gasteiger partial charge on any atom is -0.495 e. The highest BCUT2D eigenvalue weighted by Crippen LogP contribution is 2.35. The van der Waals surface area contributed by atoms with E-state index in [1.165, 1.54) is 38.5 Å². The third-order valence-electron chi connectivity index (χ3n) is 3.01. The Morgan fingerprint density at radius 3 is 2.57 bits per heavy atom. The van der Waals surface area contributed by atoms with Crippen molar-refractivity contribution >= 4 is 29.3 Å². The van der Waals surface area contributed by atoms with Crippen molar-refractivity contribution in [2.24, 2.45) is 0 Å². The summed E-state index contributed by atoms with van der Waals surface area (Å²) in [5, 5.41) is 3.04. The van der Waals surface area contributed by atoms with Crippen molar-refractivity contribution in [3.05, 3.63) is 58.9 Å². The molecule has 0 aliphatic heterocycles. The molecule has 0 spiro atoms. The van der Waals surface area contributed by atoms with E-state index in [2.05, 4.69) is 5.32 Å². The molecule has 23 heavy (non-hydrogen) atoms. The first-order chi connectivity index (χ1) is 11.0. The van der Waals surface area contributed by atoms with Gasteiger partial charge in [0.2, 0.25) is 5.91 Å². The van der Waals surface area contributed by atoms with Crippen LogP contribution in [-0.2, 0) is 4.79 Å². The summed E-state index contributed by atoms with van der Waals surface area (Å²) >= 11 is 6.01. The number of carbonyl (C=O) groups is 1. The van der Waals surface area contributed by atoms with E-state index < -0.39 is 5.91 Å². The fourth-order valence-corrected chi connectivity index (χ4v) is 2.15. The van der Waals surface area contributed by atoms with Gasteiger partial charge in [-0.25, -0.2) is 4.39 Å². The van der Waals surface area contributed by atoms with E-state index in [4.69, 9.17) is 21.1 Å². The SMILES string of the molecule is COc1cc(NC(=O)/C=C/c2cccc(F)c2)c(OC)cc1Cl. The van der Waals surface area contributed by atoms with Crippen molar-refractivity contribution in [2.45, 2.75) is 0 Å². The molecule has 2 rings (SSSR count). The Bertz CT molecular complexity index is 747. The predicted molar refractivity (Wildman–Crippen MR) is 88.6 cm³/mol. The fraction of sp³-hybridized carbons (Fsp3) is 0.118. The number of amides is 1. The van der Waals surface area contributed by atoms with E-state index >= 15 is 0 Å². The van der Waals surface area contributed by atoms with Crippen molar-refractivity contribution < 1.29 is 18.7 Å². The summed E-state index contributed by atoms with van der Waals surface area (Å²) in [5.41, 5.74) is 1.00. The molecule has 0 saturated carbocycles. The van der Waals surface area contributed by atoms with Gasteiger partial charge in [-0.1, -0.05) is 23.7 Å². The maximum atomic E-state index is 13.1. The summed E-state index contributed by atoms with van der Waals surface area (Å²) in [7, 11) is 2.94. The summed E-state index contributed by atoms with van der Waals surface area (Å²) < 4.78 is 23.4. The molecule has 2 aromatic carbocycles. The number of rotatable bonds is 5. The van der Waals surface area contributed by atoms with Crippen LogP contribution in [0.4, 0.5) is 10.1 Å². The molecule has 4 nitrogen and oxygen atoms in total. The lowest BCUT2D eigenvalue weighted by Crippen LogP contribution is -2.09. The third kappa shape index (κ3) is 4.47. The Morgan fingerprint density at radius 1 is 1.17 bits per heavy atom. The summed E-state index contributed by atoms with van der Waals surface area (Å²) in [5.74, 6) is 0.0637. The zero-order chi connectivity index (χ0) is 16.8. The van der Waals surface area contributed by atoms with Crippen LogP contribution in [0, 0.1) is 5.82 Å². The Hall–Kier alpha value is -2.53. The van der Waals surface area contributed by atoms with E-state index in [1.54, 1.807) is 24.3 Å². The van der Waals surface area contributed by atoms with Crippen molar-refractivity contribution in [3.63, 3.8) is 0 Å². The Labute approximate surface area is 138 Å². The first-order valence-electron chi connectivity index (χ1n) is 6.69. The molecule has 0 radical (unpaired) electrons. The first kappa shape index (κ1) is 16.8. The summed E-state index contributed by atoms with van der Waals surface area (Å²) in [6, 6.07) is 9.04. The van der Waals surface area contributed by atoms with Crippen LogP contribution in [0.25, 0.3) is 6.08 Å².